The van der Waals surface area contributed by atoms with Gasteiger partial charge in [-0.05, 0) is 69.9 Å². The first-order chi connectivity index (χ1) is 11.1. The number of halogens is 1. The normalized spacial score (nSPS) is 17.7. The fourth-order valence-corrected chi connectivity index (χ4v) is 3.07. The Labute approximate surface area is 144 Å². The summed E-state index contributed by atoms with van der Waals surface area (Å²) >= 11 is 5.95. The number of likely N-dealkylation sites (tertiary alicyclic amines) is 1. The number of benzene rings is 1. The van der Waals surface area contributed by atoms with Crippen LogP contribution in [0.3, 0.4) is 0 Å². The molecule has 1 aromatic rings. The molecule has 1 aliphatic heterocycles. The minimum Gasteiger partial charge on any atom is -0.481 e. The maximum absolute atomic E-state index is 12.3. The van der Waals surface area contributed by atoms with Gasteiger partial charge >= 0.3 is 0 Å². The molecule has 23 heavy (non-hydrogen) atoms. The van der Waals surface area contributed by atoms with Crippen molar-refractivity contribution >= 4 is 17.5 Å². The third-order valence-corrected chi connectivity index (χ3v) is 4.66. The minimum absolute atomic E-state index is 0.0413. The third-order valence-electron chi connectivity index (χ3n) is 4.43. The van der Waals surface area contributed by atoms with Gasteiger partial charge < -0.3 is 15.0 Å². The van der Waals surface area contributed by atoms with E-state index < -0.39 is 6.10 Å². The predicted molar refractivity (Wildman–Crippen MR) is 94.0 cm³/mol. The number of hydrogen-bond acceptors (Lipinski definition) is 3. The van der Waals surface area contributed by atoms with Crippen LogP contribution >= 0.6 is 11.6 Å². The number of piperidine rings is 1. The molecule has 1 N–H and O–H groups in total. The van der Waals surface area contributed by atoms with Crippen LogP contribution in [0.5, 0.6) is 5.75 Å². The van der Waals surface area contributed by atoms with E-state index in [9.17, 15) is 4.79 Å². The maximum atomic E-state index is 12.3. The van der Waals surface area contributed by atoms with E-state index in [2.05, 4.69) is 17.3 Å². The summed E-state index contributed by atoms with van der Waals surface area (Å²) in [5, 5.41) is 3.63. The SMILES string of the molecule is CC[C@@H](Oc1cccc(Cl)c1)C(=O)NCCC1CCN(C)CC1. The zero-order chi connectivity index (χ0) is 16.7. The second-order valence-electron chi connectivity index (χ2n) is 6.30. The van der Waals surface area contributed by atoms with Gasteiger partial charge in [0.05, 0.1) is 0 Å². The zero-order valence-corrected chi connectivity index (χ0v) is 14.8. The first-order valence-electron chi connectivity index (χ1n) is 8.47. The monoisotopic (exact) mass is 338 g/mol. The Kier molecular flexibility index (Phi) is 7.18. The van der Waals surface area contributed by atoms with Gasteiger partial charge in [-0.1, -0.05) is 24.6 Å². The average molecular weight is 339 g/mol. The molecule has 1 aromatic carbocycles. The molecular weight excluding hydrogens is 312 g/mol. The summed E-state index contributed by atoms with van der Waals surface area (Å²) in [7, 11) is 2.16. The lowest BCUT2D eigenvalue weighted by molar-refractivity contribution is -0.128. The molecule has 2 rings (SSSR count). The minimum atomic E-state index is -0.467. The molecule has 128 valence electrons. The number of hydrogen-bond donors (Lipinski definition) is 1. The van der Waals surface area contributed by atoms with E-state index in [0.717, 1.165) is 32.0 Å². The number of nitrogens with one attached hydrogen (secondary N) is 1. The highest BCUT2D eigenvalue weighted by molar-refractivity contribution is 6.30. The van der Waals surface area contributed by atoms with E-state index in [1.54, 1.807) is 12.1 Å². The Morgan fingerprint density at radius 1 is 1.43 bits per heavy atom. The molecule has 1 saturated heterocycles. The number of carbonyl (C=O) groups excluding carboxylic acids is 1. The van der Waals surface area contributed by atoms with Crippen molar-refractivity contribution < 1.29 is 9.53 Å². The van der Waals surface area contributed by atoms with Crippen LogP contribution in [0, 0.1) is 5.92 Å². The molecule has 0 unspecified atom stereocenters. The topological polar surface area (TPSA) is 41.6 Å². The highest BCUT2D eigenvalue weighted by Crippen LogP contribution is 2.20. The van der Waals surface area contributed by atoms with Crippen molar-refractivity contribution in [2.45, 2.75) is 38.7 Å². The number of ether oxygens (including phenoxy) is 1. The maximum Gasteiger partial charge on any atom is 0.261 e. The Balaban J connectivity index is 1.74. The van der Waals surface area contributed by atoms with Crippen LogP contribution < -0.4 is 10.1 Å². The summed E-state index contributed by atoms with van der Waals surface area (Å²) in [6, 6.07) is 7.16. The quantitative estimate of drug-likeness (QED) is 0.829. The highest BCUT2D eigenvalue weighted by atomic mass is 35.5. The summed E-state index contributed by atoms with van der Waals surface area (Å²) in [5.74, 6) is 1.32. The van der Waals surface area contributed by atoms with E-state index in [1.165, 1.54) is 12.8 Å². The van der Waals surface area contributed by atoms with Gasteiger partial charge in [-0.25, -0.2) is 0 Å². The van der Waals surface area contributed by atoms with E-state index in [-0.39, 0.29) is 5.91 Å². The summed E-state index contributed by atoms with van der Waals surface area (Å²) in [4.78, 5) is 14.6. The molecule has 1 atom stereocenters. The van der Waals surface area contributed by atoms with Crippen molar-refractivity contribution in [3.8, 4) is 5.75 Å². The smallest absolute Gasteiger partial charge is 0.261 e. The third kappa shape index (κ3) is 6.04. The first-order valence-corrected chi connectivity index (χ1v) is 8.84. The van der Waals surface area contributed by atoms with E-state index in [4.69, 9.17) is 16.3 Å². The largest absolute Gasteiger partial charge is 0.481 e. The summed E-state index contributed by atoms with van der Waals surface area (Å²) in [5.41, 5.74) is 0. The van der Waals surface area contributed by atoms with Gasteiger partial charge in [0.25, 0.3) is 5.91 Å². The lowest BCUT2D eigenvalue weighted by Gasteiger charge is -2.29. The average Bonchev–Trinajstić information content (AvgIpc) is 2.54. The summed E-state index contributed by atoms with van der Waals surface area (Å²) < 4.78 is 5.76. The molecule has 0 spiro atoms. The van der Waals surface area contributed by atoms with Gasteiger partial charge in [0.15, 0.2) is 6.10 Å². The molecule has 1 heterocycles. The molecule has 0 radical (unpaired) electrons. The number of nitrogens with zero attached hydrogens (tertiary/aromatic N) is 1. The van der Waals surface area contributed by atoms with E-state index in [1.807, 2.05) is 19.1 Å². The molecule has 1 aliphatic rings. The first kappa shape index (κ1) is 18.1. The second kappa shape index (κ2) is 9.14. The Morgan fingerprint density at radius 3 is 2.83 bits per heavy atom. The molecule has 1 fully saturated rings. The fourth-order valence-electron chi connectivity index (χ4n) is 2.89. The van der Waals surface area contributed by atoms with E-state index >= 15 is 0 Å². The Bertz CT molecular complexity index is 502. The summed E-state index contributed by atoms with van der Waals surface area (Å²) in [6.45, 7) is 5.00. The molecule has 0 aromatic heterocycles. The Hall–Kier alpha value is -1.26. The molecule has 0 aliphatic carbocycles. The van der Waals surface area contributed by atoms with Crippen LogP contribution in [-0.2, 0) is 4.79 Å². The van der Waals surface area contributed by atoms with Gasteiger partial charge in [-0.2, -0.15) is 0 Å². The van der Waals surface area contributed by atoms with Gasteiger partial charge in [-0.15, -0.1) is 0 Å². The summed E-state index contributed by atoms with van der Waals surface area (Å²) in [6.07, 6.45) is 3.66. The predicted octanol–water partition coefficient (Wildman–Crippen LogP) is 3.35. The molecule has 5 heteroatoms. The van der Waals surface area contributed by atoms with Crippen LogP contribution in [0.1, 0.15) is 32.6 Å². The van der Waals surface area contributed by atoms with Gasteiger partial charge in [0.1, 0.15) is 5.75 Å². The lowest BCUT2D eigenvalue weighted by atomic mass is 9.94. The van der Waals surface area contributed by atoms with Crippen LogP contribution in [0.4, 0.5) is 0 Å². The standard InChI is InChI=1S/C18H27ClN2O2/c1-3-17(23-16-6-4-5-15(19)13-16)18(22)20-10-7-14-8-11-21(2)12-9-14/h4-6,13-14,17H,3,7-12H2,1-2H3,(H,20,22)/t17-/m1/s1. The van der Waals surface area contributed by atoms with Gasteiger partial charge in [-0.3, -0.25) is 4.79 Å². The number of carbonyl (C=O) groups is 1. The van der Waals surface area contributed by atoms with Crippen molar-refractivity contribution in [2.24, 2.45) is 5.92 Å². The van der Waals surface area contributed by atoms with Crippen LogP contribution in [0.2, 0.25) is 5.02 Å². The number of amides is 1. The molecule has 0 bridgehead atoms. The Morgan fingerprint density at radius 2 is 2.17 bits per heavy atom. The van der Waals surface area contributed by atoms with Crippen LogP contribution in [0.15, 0.2) is 24.3 Å². The number of rotatable bonds is 7. The van der Waals surface area contributed by atoms with Crippen molar-refractivity contribution in [1.29, 1.82) is 0 Å². The fraction of sp³-hybridized carbons (Fsp3) is 0.611. The lowest BCUT2D eigenvalue weighted by Crippen LogP contribution is -2.39. The van der Waals surface area contributed by atoms with Gasteiger partial charge in [0.2, 0.25) is 0 Å². The highest BCUT2D eigenvalue weighted by Gasteiger charge is 2.20. The molecule has 1 amide bonds. The van der Waals surface area contributed by atoms with Crippen LogP contribution in [-0.4, -0.2) is 43.6 Å². The van der Waals surface area contributed by atoms with Crippen molar-refractivity contribution in [3.05, 3.63) is 29.3 Å². The van der Waals surface area contributed by atoms with Crippen LogP contribution in [0.25, 0.3) is 0 Å². The van der Waals surface area contributed by atoms with Crippen molar-refractivity contribution in [1.82, 2.24) is 10.2 Å². The molecule has 4 nitrogen and oxygen atoms in total. The second-order valence-corrected chi connectivity index (χ2v) is 6.73. The van der Waals surface area contributed by atoms with E-state index in [0.29, 0.717) is 17.2 Å². The molecular formula is C18H27ClN2O2. The van der Waals surface area contributed by atoms with Crippen molar-refractivity contribution in [2.75, 3.05) is 26.7 Å². The van der Waals surface area contributed by atoms with Crippen molar-refractivity contribution in [3.63, 3.8) is 0 Å². The molecule has 0 saturated carbocycles. The van der Waals surface area contributed by atoms with Gasteiger partial charge in [0, 0.05) is 11.6 Å². The zero-order valence-electron chi connectivity index (χ0n) is 14.1.